The first-order chi connectivity index (χ1) is 12.5. The van der Waals surface area contributed by atoms with Crippen LogP contribution in [0.4, 0.5) is 0 Å². The lowest BCUT2D eigenvalue weighted by atomic mass is 9.92. The molecule has 0 amide bonds. The number of aliphatic hydroxyl groups is 2. The molecule has 0 fully saturated rings. The fourth-order valence-corrected chi connectivity index (χ4v) is 3.31. The molecule has 1 aliphatic carbocycles. The SMILES string of the molecule is C\C=C(O)/C(=C\C=C(\CO)CCc1ccccc1Br)C1=CCC(C)C=C1. The molecule has 0 aliphatic heterocycles. The first-order valence-electron chi connectivity index (χ1n) is 9.03. The van der Waals surface area contributed by atoms with Crippen LogP contribution >= 0.6 is 15.9 Å². The maximum absolute atomic E-state index is 10.3. The Kier molecular flexibility index (Phi) is 8.14. The summed E-state index contributed by atoms with van der Waals surface area (Å²) < 4.78 is 1.09. The first-order valence-corrected chi connectivity index (χ1v) is 9.82. The number of aliphatic hydroxyl groups excluding tert-OH is 2. The molecule has 26 heavy (non-hydrogen) atoms. The Balaban J connectivity index is 2.18. The lowest BCUT2D eigenvalue weighted by Crippen LogP contribution is -2.00. The Labute approximate surface area is 165 Å². The maximum Gasteiger partial charge on any atom is 0.119 e. The Morgan fingerprint density at radius 3 is 2.65 bits per heavy atom. The molecule has 0 radical (unpaired) electrons. The summed E-state index contributed by atoms with van der Waals surface area (Å²) in [5, 5.41) is 20.0. The van der Waals surface area contributed by atoms with Gasteiger partial charge >= 0.3 is 0 Å². The van der Waals surface area contributed by atoms with Crippen LogP contribution in [0, 0.1) is 5.92 Å². The molecule has 1 atom stereocenters. The van der Waals surface area contributed by atoms with E-state index in [1.165, 1.54) is 5.56 Å². The molecule has 0 saturated heterocycles. The van der Waals surface area contributed by atoms with Gasteiger partial charge in [-0.25, -0.2) is 0 Å². The van der Waals surface area contributed by atoms with Gasteiger partial charge in [-0.3, -0.25) is 0 Å². The molecule has 1 aromatic carbocycles. The van der Waals surface area contributed by atoms with Crippen molar-refractivity contribution in [1.82, 2.24) is 0 Å². The van der Waals surface area contributed by atoms with Crippen molar-refractivity contribution in [2.24, 2.45) is 5.92 Å². The molecule has 2 nitrogen and oxygen atoms in total. The Hall–Kier alpha value is -1.84. The molecule has 0 spiro atoms. The summed E-state index contributed by atoms with van der Waals surface area (Å²) in [4.78, 5) is 0. The van der Waals surface area contributed by atoms with E-state index in [0.717, 1.165) is 40.5 Å². The largest absolute Gasteiger partial charge is 0.508 e. The molecule has 2 N–H and O–H groups in total. The third-order valence-electron chi connectivity index (χ3n) is 4.54. The predicted octanol–water partition coefficient (Wildman–Crippen LogP) is 6.21. The highest BCUT2D eigenvalue weighted by Gasteiger charge is 2.11. The van der Waals surface area contributed by atoms with Crippen molar-refractivity contribution >= 4 is 15.9 Å². The van der Waals surface area contributed by atoms with Gasteiger partial charge in [-0.05, 0) is 61.0 Å². The van der Waals surface area contributed by atoms with Crippen LogP contribution in [0.2, 0.25) is 0 Å². The number of benzene rings is 1. The van der Waals surface area contributed by atoms with E-state index in [1.807, 2.05) is 37.3 Å². The quantitative estimate of drug-likeness (QED) is 0.411. The van der Waals surface area contributed by atoms with E-state index in [1.54, 1.807) is 6.08 Å². The zero-order valence-electron chi connectivity index (χ0n) is 15.5. The van der Waals surface area contributed by atoms with Gasteiger partial charge < -0.3 is 10.2 Å². The van der Waals surface area contributed by atoms with Crippen LogP contribution in [0.5, 0.6) is 0 Å². The molecule has 0 aromatic heterocycles. The van der Waals surface area contributed by atoms with E-state index >= 15 is 0 Å². The van der Waals surface area contributed by atoms with Gasteiger partial charge in [0.05, 0.1) is 6.61 Å². The van der Waals surface area contributed by atoms with Gasteiger partial charge in [0.2, 0.25) is 0 Å². The molecule has 2 rings (SSSR count). The second kappa shape index (κ2) is 10.3. The minimum Gasteiger partial charge on any atom is -0.508 e. The highest BCUT2D eigenvalue weighted by atomic mass is 79.9. The number of halogens is 1. The molecule has 0 saturated carbocycles. The van der Waals surface area contributed by atoms with Crippen LogP contribution < -0.4 is 0 Å². The van der Waals surface area contributed by atoms with Crippen LogP contribution in [0.15, 0.2) is 87.7 Å². The number of allylic oxidation sites excluding steroid dienone is 7. The van der Waals surface area contributed by atoms with E-state index in [9.17, 15) is 10.2 Å². The van der Waals surface area contributed by atoms with Crippen molar-refractivity contribution in [2.75, 3.05) is 6.61 Å². The highest BCUT2D eigenvalue weighted by molar-refractivity contribution is 9.10. The Morgan fingerprint density at radius 2 is 2.04 bits per heavy atom. The second-order valence-electron chi connectivity index (χ2n) is 6.56. The van der Waals surface area contributed by atoms with Crippen LogP contribution in [0.3, 0.4) is 0 Å². The molecule has 1 aromatic rings. The summed E-state index contributed by atoms with van der Waals surface area (Å²) >= 11 is 3.57. The minimum atomic E-state index is 0.0107. The van der Waals surface area contributed by atoms with E-state index in [2.05, 4.69) is 47.1 Å². The summed E-state index contributed by atoms with van der Waals surface area (Å²) in [5.74, 6) is 0.787. The second-order valence-corrected chi connectivity index (χ2v) is 7.41. The third kappa shape index (κ3) is 5.86. The maximum atomic E-state index is 10.3. The monoisotopic (exact) mass is 414 g/mol. The van der Waals surface area contributed by atoms with Crippen LogP contribution in [-0.4, -0.2) is 16.8 Å². The molecule has 3 heteroatoms. The van der Waals surface area contributed by atoms with Gasteiger partial charge in [0.25, 0.3) is 0 Å². The fraction of sp³-hybridized carbons (Fsp3) is 0.304. The van der Waals surface area contributed by atoms with E-state index in [4.69, 9.17) is 0 Å². The fourth-order valence-electron chi connectivity index (χ4n) is 2.82. The summed E-state index contributed by atoms with van der Waals surface area (Å²) in [6.45, 7) is 4.01. The first kappa shape index (κ1) is 20.5. The normalized spacial score (nSPS) is 18.8. The van der Waals surface area contributed by atoms with Crippen molar-refractivity contribution in [3.63, 3.8) is 0 Å². The van der Waals surface area contributed by atoms with Crippen molar-refractivity contribution in [3.05, 3.63) is 93.2 Å². The molecular formula is C23H27BrO2. The summed E-state index contributed by atoms with van der Waals surface area (Å²) in [6, 6.07) is 8.14. The van der Waals surface area contributed by atoms with Gasteiger partial charge in [-0.2, -0.15) is 0 Å². The molecule has 0 bridgehead atoms. The van der Waals surface area contributed by atoms with Crippen LogP contribution in [0.1, 0.15) is 32.3 Å². The van der Waals surface area contributed by atoms with E-state index < -0.39 is 0 Å². The summed E-state index contributed by atoms with van der Waals surface area (Å²) in [6.07, 6.45) is 14.5. The number of hydrogen-bond acceptors (Lipinski definition) is 2. The predicted molar refractivity (Wildman–Crippen MR) is 113 cm³/mol. The van der Waals surface area contributed by atoms with Gasteiger partial charge in [-0.15, -0.1) is 0 Å². The van der Waals surface area contributed by atoms with Crippen molar-refractivity contribution in [3.8, 4) is 0 Å². The number of hydrogen-bond donors (Lipinski definition) is 2. The van der Waals surface area contributed by atoms with Crippen molar-refractivity contribution in [1.29, 1.82) is 0 Å². The molecule has 1 aliphatic rings. The van der Waals surface area contributed by atoms with Crippen molar-refractivity contribution < 1.29 is 10.2 Å². The average Bonchev–Trinajstić information content (AvgIpc) is 2.66. The van der Waals surface area contributed by atoms with E-state index in [0.29, 0.717) is 5.92 Å². The highest BCUT2D eigenvalue weighted by Crippen LogP contribution is 2.26. The number of aryl methyl sites for hydroxylation is 1. The van der Waals surface area contributed by atoms with Gasteiger partial charge in [0.15, 0.2) is 0 Å². The van der Waals surface area contributed by atoms with Gasteiger partial charge in [0, 0.05) is 10.0 Å². The number of rotatable bonds is 7. The van der Waals surface area contributed by atoms with Crippen LogP contribution in [0.25, 0.3) is 0 Å². The van der Waals surface area contributed by atoms with E-state index in [-0.39, 0.29) is 12.4 Å². The molecule has 0 heterocycles. The lowest BCUT2D eigenvalue weighted by molar-refractivity contribution is 0.326. The summed E-state index contributed by atoms with van der Waals surface area (Å²) in [7, 11) is 0. The third-order valence-corrected chi connectivity index (χ3v) is 5.31. The lowest BCUT2D eigenvalue weighted by Gasteiger charge is -2.14. The van der Waals surface area contributed by atoms with Crippen molar-refractivity contribution in [2.45, 2.75) is 33.1 Å². The smallest absolute Gasteiger partial charge is 0.119 e. The minimum absolute atomic E-state index is 0.0107. The van der Waals surface area contributed by atoms with Gasteiger partial charge in [0.1, 0.15) is 5.76 Å². The topological polar surface area (TPSA) is 40.5 Å². The zero-order chi connectivity index (χ0) is 18.9. The summed E-state index contributed by atoms with van der Waals surface area (Å²) in [5.41, 5.74) is 3.98. The molecule has 1 unspecified atom stereocenters. The molecular weight excluding hydrogens is 388 g/mol. The Morgan fingerprint density at radius 1 is 1.27 bits per heavy atom. The Bertz CT molecular complexity index is 766. The molecule has 138 valence electrons. The van der Waals surface area contributed by atoms with Gasteiger partial charge in [-0.1, -0.05) is 71.4 Å². The average molecular weight is 415 g/mol. The standard InChI is InChI=1S/C23H27BrO2/c1-3-23(26)21(19-12-8-17(2)9-13-19)15-11-18(16-25)10-14-20-6-4-5-7-22(20)24/h3-8,11-13,15,17,25-26H,9-10,14,16H2,1-2H3/b18-11+,21-15-,23-3+. The zero-order valence-corrected chi connectivity index (χ0v) is 17.0. The van der Waals surface area contributed by atoms with Crippen LogP contribution in [-0.2, 0) is 6.42 Å².